The Labute approximate surface area is 164 Å². The molecule has 1 heterocycles. The van der Waals surface area contributed by atoms with E-state index in [2.05, 4.69) is 32.9 Å². The summed E-state index contributed by atoms with van der Waals surface area (Å²) < 4.78 is 5.86. The van der Waals surface area contributed by atoms with E-state index in [9.17, 15) is 4.79 Å². The third-order valence-electron chi connectivity index (χ3n) is 4.44. The van der Waals surface area contributed by atoms with E-state index in [1.807, 2.05) is 41.3 Å². The van der Waals surface area contributed by atoms with Gasteiger partial charge in [-0.1, -0.05) is 56.6 Å². The Bertz CT molecular complexity index is 753. The van der Waals surface area contributed by atoms with Gasteiger partial charge in [-0.05, 0) is 40.8 Å². The highest BCUT2D eigenvalue weighted by Crippen LogP contribution is 2.38. The molecule has 26 heavy (non-hydrogen) atoms. The molecule has 1 fully saturated rings. The molecule has 3 rings (SSSR count). The highest BCUT2D eigenvalue weighted by molar-refractivity contribution is 8.00. The SMILES string of the molecule is CC(C)(C)c1ccc(OCCN2C(=O)CS[C@@H]2c2ccc(Cl)cc2)cc1. The first-order valence-electron chi connectivity index (χ1n) is 8.74. The Morgan fingerprint density at radius 1 is 1.12 bits per heavy atom. The monoisotopic (exact) mass is 389 g/mol. The summed E-state index contributed by atoms with van der Waals surface area (Å²) in [5, 5.41) is 0.739. The van der Waals surface area contributed by atoms with Crippen LogP contribution in [0.15, 0.2) is 48.5 Å². The van der Waals surface area contributed by atoms with E-state index < -0.39 is 0 Å². The lowest BCUT2D eigenvalue weighted by Crippen LogP contribution is -2.32. The molecule has 0 aliphatic carbocycles. The predicted molar refractivity (Wildman–Crippen MR) is 109 cm³/mol. The second kappa shape index (κ2) is 7.93. The summed E-state index contributed by atoms with van der Waals surface area (Å²) in [6, 6.07) is 15.9. The topological polar surface area (TPSA) is 29.5 Å². The molecule has 0 saturated carbocycles. The molecule has 5 heteroatoms. The van der Waals surface area contributed by atoms with Crippen molar-refractivity contribution in [2.24, 2.45) is 0 Å². The first-order chi connectivity index (χ1) is 12.3. The van der Waals surface area contributed by atoms with Crippen molar-refractivity contribution >= 4 is 29.3 Å². The Balaban J connectivity index is 1.59. The second-order valence-corrected chi connectivity index (χ2v) is 8.93. The van der Waals surface area contributed by atoms with E-state index >= 15 is 0 Å². The summed E-state index contributed by atoms with van der Waals surface area (Å²) in [5.74, 6) is 1.50. The molecule has 2 aromatic rings. The first kappa shape index (κ1) is 19.1. The molecule has 1 amide bonds. The molecule has 1 atom stereocenters. The Kier molecular flexibility index (Phi) is 5.83. The lowest BCUT2D eigenvalue weighted by Gasteiger charge is -2.24. The lowest BCUT2D eigenvalue weighted by atomic mass is 9.87. The van der Waals surface area contributed by atoms with E-state index in [1.165, 1.54) is 5.56 Å². The minimum atomic E-state index is 0.0339. The van der Waals surface area contributed by atoms with Crippen molar-refractivity contribution in [2.45, 2.75) is 31.6 Å². The van der Waals surface area contributed by atoms with Crippen LogP contribution >= 0.6 is 23.4 Å². The molecule has 1 aliphatic heterocycles. The van der Waals surface area contributed by atoms with Gasteiger partial charge in [0.05, 0.1) is 12.3 Å². The largest absolute Gasteiger partial charge is 0.492 e. The average Bonchev–Trinajstić information content (AvgIpc) is 2.96. The summed E-state index contributed by atoms with van der Waals surface area (Å²) >= 11 is 7.61. The van der Waals surface area contributed by atoms with Gasteiger partial charge < -0.3 is 9.64 Å². The van der Waals surface area contributed by atoms with Crippen molar-refractivity contribution < 1.29 is 9.53 Å². The predicted octanol–water partition coefficient (Wildman–Crippen LogP) is 5.29. The summed E-state index contributed by atoms with van der Waals surface area (Å²) in [6.07, 6.45) is 0. The normalized spacial score (nSPS) is 17.6. The minimum absolute atomic E-state index is 0.0339. The molecule has 0 spiro atoms. The lowest BCUT2D eigenvalue weighted by molar-refractivity contribution is -0.128. The number of amides is 1. The maximum absolute atomic E-state index is 12.2. The van der Waals surface area contributed by atoms with Crippen LogP contribution in [0, 0.1) is 0 Å². The number of ether oxygens (including phenoxy) is 1. The molecule has 2 aromatic carbocycles. The highest BCUT2D eigenvalue weighted by atomic mass is 35.5. The third-order valence-corrected chi connectivity index (χ3v) is 5.95. The van der Waals surface area contributed by atoms with Crippen molar-refractivity contribution in [1.29, 1.82) is 0 Å². The molecule has 3 nitrogen and oxygen atoms in total. The zero-order valence-electron chi connectivity index (χ0n) is 15.4. The van der Waals surface area contributed by atoms with Gasteiger partial charge in [-0.25, -0.2) is 0 Å². The number of benzene rings is 2. The fourth-order valence-electron chi connectivity index (χ4n) is 2.91. The summed E-state index contributed by atoms with van der Waals surface area (Å²) in [5.41, 5.74) is 2.50. The number of halogens is 1. The molecule has 1 saturated heterocycles. The van der Waals surface area contributed by atoms with Crippen LogP contribution in [0.4, 0.5) is 0 Å². The number of rotatable bonds is 5. The van der Waals surface area contributed by atoms with Crippen LogP contribution in [-0.4, -0.2) is 29.7 Å². The summed E-state index contributed by atoms with van der Waals surface area (Å²) in [4.78, 5) is 14.1. The van der Waals surface area contributed by atoms with Gasteiger partial charge in [-0.15, -0.1) is 11.8 Å². The third kappa shape index (κ3) is 4.54. The van der Waals surface area contributed by atoms with Crippen LogP contribution in [0.3, 0.4) is 0 Å². The number of hydrogen-bond donors (Lipinski definition) is 0. The number of nitrogens with zero attached hydrogens (tertiary/aromatic N) is 1. The zero-order valence-corrected chi connectivity index (χ0v) is 16.9. The molecule has 1 aliphatic rings. The molecule has 138 valence electrons. The van der Waals surface area contributed by atoms with Crippen molar-refractivity contribution in [2.75, 3.05) is 18.9 Å². The summed E-state index contributed by atoms with van der Waals surface area (Å²) in [6.45, 7) is 7.62. The van der Waals surface area contributed by atoms with Crippen LogP contribution in [-0.2, 0) is 10.2 Å². The molecule has 0 N–H and O–H groups in total. The van der Waals surface area contributed by atoms with Crippen LogP contribution in [0.2, 0.25) is 5.02 Å². The molecule has 0 radical (unpaired) electrons. The van der Waals surface area contributed by atoms with Crippen LogP contribution in [0.5, 0.6) is 5.75 Å². The van der Waals surface area contributed by atoms with Crippen LogP contribution in [0.25, 0.3) is 0 Å². The van der Waals surface area contributed by atoms with Gasteiger partial charge in [-0.2, -0.15) is 0 Å². The average molecular weight is 390 g/mol. The smallest absolute Gasteiger partial charge is 0.233 e. The van der Waals surface area contributed by atoms with Crippen molar-refractivity contribution in [3.8, 4) is 5.75 Å². The van der Waals surface area contributed by atoms with Gasteiger partial charge in [-0.3, -0.25) is 4.79 Å². The van der Waals surface area contributed by atoms with Crippen LogP contribution in [0.1, 0.15) is 37.3 Å². The van der Waals surface area contributed by atoms with E-state index in [-0.39, 0.29) is 16.7 Å². The molecular weight excluding hydrogens is 366 g/mol. The van der Waals surface area contributed by atoms with Gasteiger partial charge in [0.25, 0.3) is 0 Å². The number of carbonyl (C=O) groups is 1. The Morgan fingerprint density at radius 2 is 1.77 bits per heavy atom. The molecule has 0 unspecified atom stereocenters. The van der Waals surface area contributed by atoms with E-state index in [4.69, 9.17) is 16.3 Å². The van der Waals surface area contributed by atoms with E-state index in [0.29, 0.717) is 23.9 Å². The number of hydrogen-bond acceptors (Lipinski definition) is 3. The van der Waals surface area contributed by atoms with Gasteiger partial charge in [0.1, 0.15) is 17.7 Å². The van der Waals surface area contributed by atoms with Crippen LogP contribution < -0.4 is 4.74 Å². The number of carbonyl (C=O) groups excluding carboxylic acids is 1. The van der Waals surface area contributed by atoms with Gasteiger partial charge in [0.15, 0.2) is 0 Å². The van der Waals surface area contributed by atoms with E-state index in [1.54, 1.807) is 11.8 Å². The molecule has 0 bridgehead atoms. The van der Waals surface area contributed by atoms with Gasteiger partial charge >= 0.3 is 0 Å². The quantitative estimate of drug-likeness (QED) is 0.695. The second-order valence-electron chi connectivity index (χ2n) is 7.42. The summed E-state index contributed by atoms with van der Waals surface area (Å²) in [7, 11) is 0. The Hall–Kier alpha value is -1.65. The number of thioether (sulfide) groups is 1. The van der Waals surface area contributed by atoms with Crippen molar-refractivity contribution in [3.63, 3.8) is 0 Å². The Morgan fingerprint density at radius 3 is 2.38 bits per heavy atom. The van der Waals surface area contributed by atoms with Gasteiger partial charge in [0, 0.05) is 5.02 Å². The maximum Gasteiger partial charge on any atom is 0.233 e. The minimum Gasteiger partial charge on any atom is -0.492 e. The standard InChI is InChI=1S/C21H24ClNO2S/c1-21(2,3)16-6-10-18(11-7-16)25-13-12-23-19(24)14-26-20(23)15-4-8-17(22)9-5-15/h4-11,20H,12-14H2,1-3H3/t20-/m1/s1. The van der Waals surface area contributed by atoms with Crippen molar-refractivity contribution in [3.05, 3.63) is 64.7 Å². The zero-order chi connectivity index (χ0) is 18.7. The molecule has 0 aromatic heterocycles. The molecular formula is C21H24ClNO2S. The highest BCUT2D eigenvalue weighted by Gasteiger charge is 2.32. The van der Waals surface area contributed by atoms with E-state index in [0.717, 1.165) is 11.3 Å². The maximum atomic E-state index is 12.2. The van der Waals surface area contributed by atoms with Crippen molar-refractivity contribution in [1.82, 2.24) is 4.90 Å². The fourth-order valence-corrected chi connectivity index (χ4v) is 4.26. The first-order valence-corrected chi connectivity index (χ1v) is 10.2. The fraction of sp³-hybridized carbons (Fsp3) is 0.381. The van der Waals surface area contributed by atoms with Gasteiger partial charge in [0.2, 0.25) is 5.91 Å².